The minimum absolute atomic E-state index is 0.0679. The maximum atomic E-state index is 11.7. The maximum Gasteiger partial charge on any atom is 0.308 e. The number of carboxylic acid groups (broad SMARTS) is 1. The minimum atomic E-state index is -0.690. The Labute approximate surface area is 146 Å². The Morgan fingerprint density at radius 1 is 1.21 bits per heavy atom. The molecule has 1 fully saturated rings. The van der Waals surface area contributed by atoms with Crippen molar-refractivity contribution in [2.45, 2.75) is 38.1 Å². The lowest BCUT2D eigenvalue weighted by Gasteiger charge is -2.15. The second-order valence-electron chi connectivity index (χ2n) is 6.84. The molecule has 5 heteroatoms. The van der Waals surface area contributed by atoms with Gasteiger partial charge in [0.1, 0.15) is 5.01 Å². The van der Waals surface area contributed by atoms with E-state index in [-0.39, 0.29) is 11.8 Å². The van der Waals surface area contributed by atoms with Crippen molar-refractivity contribution in [1.82, 2.24) is 9.88 Å². The number of nitrogens with zero attached hydrogens (tertiary/aromatic N) is 2. The fourth-order valence-corrected chi connectivity index (χ4v) is 5.17. The smallest absolute Gasteiger partial charge is 0.308 e. The van der Waals surface area contributed by atoms with Crippen LogP contribution in [0.5, 0.6) is 0 Å². The van der Waals surface area contributed by atoms with E-state index < -0.39 is 5.97 Å². The van der Waals surface area contributed by atoms with Gasteiger partial charge in [-0.15, -0.1) is 11.3 Å². The summed E-state index contributed by atoms with van der Waals surface area (Å²) in [7, 11) is 0. The molecule has 1 aliphatic carbocycles. The third-order valence-electron chi connectivity index (χ3n) is 5.19. The zero-order valence-electron chi connectivity index (χ0n) is 13.6. The van der Waals surface area contributed by atoms with Crippen LogP contribution in [0.2, 0.25) is 0 Å². The number of carbonyl (C=O) groups is 1. The number of fused-ring (bicyclic) bond motifs is 1. The van der Waals surface area contributed by atoms with Crippen LogP contribution in [0.15, 0.2) is 30.3 Å². The summed E-state index contributed by atoms with van der Waals surface area (Å²) in [6, 6.07) is 10.1. The van der Waals surface area contributed by atoms with E-state index in [1.165, 1.54) is 23.4 Å². The van der Waals surface area contributed by atoms with Crippen LogP contribution < -0.4 is 0 Å². The molecular formula is C19H22N2O2S. The van der Waals surface area contributed by atoms with Crippen molar-refractivity contribution in [1.29, 1.82) is 0 Å². The predicted octanol–water partition coefficient (Wildman–Crippen LogP) is 3.32. The number of aromatic nitrogens is 1. The number of likely N-dealkylation sites (tertiary alicyclic amines) is 1. The van der Waals surface area contributed by atoms with Gasteiger partial charge < -0.3 is 5.11 Å². The lowest BCUT2D eigenvalue weighted by Crippen LogP contribution is -2.23. The molecule has 2 aliphatic rings. The van der Waals surface area contributed by atoms with Crippen LogP contribution in [0, 0.1) is 5.92 Å². The molecule has 0 radical (unpaired) electrons. The average molecular weight is 342 g/mol. The number of thiazole rings is 1. The van der Waals surface area contributed by atoms with E-state index in [4.69, 9.17) is 4.98 Å². The van der Waals surface area contributed by atoms with E-state index in [0.29, 0.717) is 6.54 Å². The predicted molar refractivity (Wildman–Crippen MR) is 94.3 cm³/mol. The summed E-state index contributed by atoms with van der Waals surface area (Å²) >= 11 is 1.83. The molecule has 1 saturated heterocycles. The van der Waals surface area contributed by atoms with E-state index in [1.807, 2.05) is 41.7 Å². The highest BCUT2D eigenvalue weighted by Gasteiger charge is 2.38. The Kier molecular flexibility index (Phi) is 4.37. The summed E-state index contributed by atoms with van der Waals surface area (Å²) in [6.07, 6.45) is 4.79. The van der Waals surface area contributed by atoms with Gasteiger partial charge in [-0.05, 0) is 31.2 Å². The van der Waals surface area contributed by atoms with E-state index in [0.717, 1.165) is 36.5 Å². The van der Waals surface area contributed by atoms with Gasteiger partial charge in [-0.1, -0.05) is 30.3 Å². The van der Waals surface area contributed by atoms with Crippen molar-refractivity contribution >= 4 is 17.3 Å². The first-order valence-electron chi connectivity index (χ1n) is 8.68. The summed E-state index contributed by atoms with van der Waals surface area (Å²) in [4.78, 5) is 20.2. The van der Waals surface area contributed by atoms with Crippen molar-refractivity contribution in [3.05, 3.63) is 51.5 Å². The Bertz CT molecular complexity index is 705. The van der Waals surface area contributed by atoms with Crippen molar-refractivity contribution in [2.24, 2.45) is 5.92 Å². The summed E-state index contributed by atoms with van der Waals surface area (Å²) < 4.78 is 0. The molecule has 0 bridgehead atoms. The first-order valence-corrected chi connectivity index (χ1v) is 9.50. The number of benzene rings is 1. The zero-order chi connectivity index (χ0) is 16.5. The fraction of sp³-hybridized carbons (Fsp3) is 0.474. The summed E-state index contributed by atoms with van der Waals surface area (Å²) in [5.41, 5.74) is 2.42. The molecule has 4 rings (SSSR count). The van der Waals surface area contributed by atoms with Crippen molar-refractivity contribution < 1.29 is 9.90 Å². The molecule has 0 amide bonds. The van der Waals surface area contributed by atoms with Crippen LogP contribution in [0.4, 0.5) is 0 Å². The molecule has 0 spiro atoms. The summed E-state index contributed by atoms with van der Waals surface area (Å²) in [5, 5.41) is 10.8. The van der Waals surface area contributed by atoms with Gasteiger partial charge in [-0.2, -0.15) is 0 Å². The highest BCUT2D eigenvalue weighted by atomic mass is 32.1. The highest BCUT2D eigenvalue weighted by Crippen LogP contribution is 2.35. The fourth-order valence-electron chi connectivity index (χ4n) is 3.97. The first-order chi connectivity index (χ1) is 11.7. The average Bonchev–Trinajstić information content (AvgIpc) is 3.19. The lowest BCUT2D eigenvalue weighted by molar-refractivity contribution is -0.141. The number of hydrogen-bond donors (Lipinski definition) is 1. The van der Waals surface area contributed by atoms with E-state index in [1.54, 1.807) is 0 Å². The van der Waals surface area contributed by atoms with Crippen molar-refractivity contribution in [2.75, 3.05) is 13.1 Å². The number of hydrogen-bond acceptors (Lipinski definition) is 4. The SMILES string of the molecule is O=C(O)[C@@H]1CN(Cc2nc3c(s2)CCCC3)C[C@H]1c1ccccc1. The molecule has 0 unspecified atom stereocenters. The number of carboxylic acids is 1. The van der Waals surface area contributed by atoms with Gasteiger partial charge in [-0.3, -0.25) is 9.69 Å². The van der Waals surface area contributed by atoms with Crippen LogP contribution in [-0.2, 0) is 24.2 Å². The molecule has 0 saturated carbocycles. The molecule has 1 aromatic heterocycles. The van der Waals surface area contributed by atoms with E-state index >= 15 is 0 Å². The molecule has 2 atom stereocenters. The lowest BCUT2D eigenvalue weighted by atomic mass is 9.89. The molecule has 1 aromatic carbocycles. The molecule has 2 aromatic rings. The van der Waals surface area contributed by atoms with Gasteiger partial charge in [0.25, 0.3) is 0 Å². The Morgan fingerprint density at radius 2 is 2.00 bits per heavy atom. The second-order valence-corrected chi connectivity index (χ2v) is 8.01. The quantitative estimate of drug-likeness (QED) is 0.926. The van der Waals surface area contributed by atoms with Crippen LogP contribution in [0.1, 0.15) is 39.9 Å². The topological polar surface area (TPSA) is 53.4 Å². The van der Waals surface area contributed by atoms with Gasteiger partial charge >= 0.3 is 5.97 Å². The third-order valence-corrected chi connectivity index (χ3v) is 6.33. The van der Waals surface area contributed by atoms with E-state index in [9.17, 15) is 9.90 Å². The van der Waals surface area contributed by atoms with Gasteiger partial charge in [0.05, 0.1) is 18.2 Å². The largest absolute Gasteiger partial charge is 0.481 e. The minimum Gasteiger partial charge on any atom is -0.481 e. The van der Waals surface area contributed by atoms with Crippen LogP contribution >= 0.6 is 11.3 Å². The number of aliphatic carboxylic acids is 1. The molecule has 4 nitrogen and oxygen atoms in total. The molecule has 2 heterocycles. The molecule has 24 heavy (non-hydrogen) atoms. The Balaban J connectivity index is 1.50. The van der Waals surface area contributed by atoms with Gasteiger partial charge in [0, 0.05) is 23.9 Å². The molecular weight excluding hydrogens is 320 g/mol. The molecule has 1 N–H and O–H groups in total. The maximum absolute atomic E-state index is 11.7. The second kappa shape index (κ2) is 6.65. The van der Waals surface area contributed by atoms with Gasteiger partial charge in [0.15, 0.2) is 0 Å². The van der Waals surface area contributed by atoms with Gasteiger partial charge in [0.2, 0.25) is 0 Å². The van der Waals surface area contributed by atoms with Crippen molar-refractivity contribution in [3.8, 4) is 0 Å². The van der Waals surface area contributed by atoms with Crippen LogP contribution in [0.3, 0.4) is 0 Å². The highest BCUT2D eigenvalue weighted by molar-refractivity contribution is 7.11. The van der Waals surface area contributed by atoms with Gasteiger partial charge in [-0.25, -0.2) is 4.98 Å². The Morgan fingerprint density at radius 3 is 2.75 bits per heavy atom. The van der Waals surface area contributed by atoms with Crippen molar-refractivity contribution in [3.63, 3.8) is 0 Å². The molecule has 126 valence electrons. The van der Waals surface area contributed by atoms with Crippen LogP contribution in [-0.4, -0.2) is 34.0 Å². The monoisotopic (exact) mass is 342 g/mol. The zero-order valence-corrected chi connectivity index (χ0v) is 14.5. The molecule has 1 aliphatic heterocycles. The normalized spacial score (nSPS) is 24.0. The number of aryl methyl sites for hydroxylation is 2. The first kappa shape index (κ1) is 15.8. The van der Waals surface area contributed by atoms with Crippen LogP contribution in [0.25, 0.3) is 0 Å². The number of rotatable bonds is 4. The van der Waals surface area contributed by atoms with E-state index in [2.05, 4.69) is 4.90 Å². The standard InChI is InChI=1S/C19H22N2O2S/c22-19(23)15-11-21(10-14(15)13-6-2-1-3-7-13)12-18-20-16-8-4-5-9-17(16)24-18/h1-3,6-7,14-15H,4-5,8-12H2,(H,22,23)/t14-,15+/m0/s1. The summed E-state index contributed by atoms with van der Waals surface area (Å²) in [6.45, 7) is 2.19. The third kappa shape index (κ3) is 3.10. The summed E-state index contributed by atoms with van der Waals surface area (Å²) in [5.74, 6) is -0.954. The Hall–Kier alpha value is -1.72.